The lowest BCUT2D eigenvalue weighted by Gasteiger charge is -2.08. The lowest BCUT2D eigenvalue weighted by molar-refractivity contribution is 0.626. The molecule has 3 rings (SSSR count). The molecule has 0 fully saturated rings. The Bertz CT molecular complexity index is 695. The van der Waals surface area contributed by atoms with Crippen LogP contribution in [0.15, 0.2) is 64.9 Å². The van der Waals surface area contributed by atoms with Gasteiger partial charge in [0.05, 0.1) is 0 Å². The second kappa shape index (κ2) is 6.54. The van der Waals surface area contributed by atoms with E-state index in [2.05, 4.69) is 38.8 Å². The van der Waals surface area contributed by atoms with Gasteiger partial charge in [-0.15, -0.1) is 10.2 Å². The van der Waals surface area contributed by atoms with Crippen LogP contribution in [0.2, 0.25) is 0 Å². The maximum Gasteiger partial charge on any atom is 0.197 e. The van der Waals surface area contributed by atoms with Gasteiger partial charge in [0.2, 0.25) is 0 Å². The summed E-state index contributed by atoms with van der Waals surface area (Å²) in [7, 11) is 0. The van der Waals surface area contributed by atoms with Crippen LogP contribution < -0.4 is 0 Å². The van der Waals surface area contributed by atoms with Gasteiger partial charge in [-0.05, 0) is 30.3 Å². The van der Waals surface area contributed by atoms with Crippen molar-refractivity contribution in [3.63, 3.8) is 0 Å². The molecule has 0 unspecified atom stereocenters. The zero-order valence-electron chi connectivity index (χ0n) is 11.8. The normalized spacial score (nSPS) is 10.7. The molecule has 106 valence electrons. The fraction of sp³-hybridized carbons (Fsp3) is 0.188. The summed E-state index contributed by atoms with van der Waals surface area (Å²) in [6, 6.07) is 16.0. The van der Waals surface area contributed by atoms with Crippen molar-refractivity contribution < 1.29 is 0 Å². The molecule has 3 aromatic rings. The van der Waals surface area contributed by atoms with E-state index in [0.717, 1.165) is 34.5 Å². The standard InChI is InChI=1S/C16H16N4S/c1-2-12-20-15(13-8-4-3-5-9-13)18-19-16(20)21-14-10-6-7-11-17-14/h3-11H,2,12H2,1H3. The van der Waals surface area contributed by atoms with Crippen molar-refractivity contribution in [3.05, 3.63) is 54.7 Å². The monoisotopic (exact) mass is 296 g/mol. The van der Waals surface area contributed by atoms with Crippen LogP contribution in [-0.4, -0.2) is 19.7 Å². The van der Waals surface area contributed by atoms with Crippen LogP contribution in [0.25, 0.3) is 11.4 Å². The van der Waals surface area contributed by atoms with E-state index in [0.29, 0.717) is 0 Å². The molecule has 4 nitrogen and oxygen atoms in total. The minimum atomic E-state index is 0.884. The van der Waals surface area contributed by atoms with E-state index < -0.39 is 0 Å². The van der Waals surface area contributed by atoms with Crippen LogP contribution in [0, 0.1) is 0 Å². The van der Waals surface area contributed by atoms with Crippen LogP contribution >= 0.6 is 11.8 Å². The average Bonchev–Trinajstić information content (AvgIpc) is 2.92. The zero-order chi connectivity index (χ0) is 14.5. The van der Waals surface area contributed by atoms with E-state index in [9.17, 15) is 0 Å². The first-order valence-electron chi connectivity index (χ1n) is 6.96. The van der Waals surface area contributed by atoms with Crippen molar-refractivity contribution in [1.82, 2.24) is 19.7 Å². The minimum Gasteiger partial charge on any atom is -0.302 e. The number of benzene rings is 1. The van der Waals surface area contributed by atoms with Crippen molar-refractivity contribution in [3.8, 4) is 11.4 Å². The minimum absolute atomic E-state index is 0.884. The maximum absolute atomic E-state index is 4.37. The molecule has 1 aromatic carbocycles. The summed E-state index contributed by atoms with van der Waals surface area (Å²) in [5, 5.41) is 10.5. The van der Waals surface area contributed by atoms with Crippen LogP contribution in [0.1, 0.15) is 13.3 Å². The largest absolute Gasteiger partial charge is 0.302 e. The molecule has 0 saturated heterocycles. The van der Waals surface area contributed by atoms with E-state index in [4.69, 9.17) is 0 Å². The summed E-state index contributed by atoms with van der Waals surface area (Å²) in [5.41, 5.74) is 1.09. The van der Waals surface area contributed by atoms with Crippen molar-refractivity contribution >= 4 is 11.8 Å². The fourth-order valence-electron chi connectivity index (χ4n) is 2.09. The summed E-state index contributed by atoms with van der Waals surface area (Å²) in [6.45, 7) is 3.05. The number of aromatic nitrogens is 4. The molecule has 21 heavy (non-hydrogen) atoms. The van der Waals surface area contributed by atoms with Gasteiger partial charge in [0, 0.05) is 18.3 Å². The molecule has 0 N–H and O–H groups in total. The molecule has 0 aliphatic carbocycles. The van der Waals surface area contributed by atoms with E-state index in [1.165, 1.54) is 0 Å². The maximum atomic E-state index is 4.37. The fourth-order valence-corrected chi connectivity index (χ4v) is 2.91. The van der Waals surface area contributed by atoms with E-state index in [-0.39, 0.29) is 0 Å². The summed E-state index contributed by atoms with van der Waals surface area (Å²) in [5.74, 6) is 0.913. The smallest absolute Gasteiger partial charge is 0.197 e. The Morgan fingerprint density at radius 2 is 1.81 bits per heavy atom. The Morgan fingerprint density at radius 1 is 1.00 bits per heavy atom. The zero-order valence-corrected chi connectivity index (χ0v) is 12.6. The molecule has 2 aromatic heterocycles. The Labute approximate surface area is 128 Å². The first kappa shape index (κ1) is 13.8. The van der Waals surface area contributed by atoms with E-state index >= 15 is 0 Å². The highest BCUT2D eigenvalue weighted by atomic mass is 32.2. The first-order valence-corrected chi connectivity index (χ1v) is 7.77. The second-order valence-electron chi connectivity index (χ2n) is 4.59. The Balaban J connectivity index is 1.96. The molecule has 0 radical (unpaired) electrons. The van der Waals surface area contributed by atoms with Crippen LogP contribution in [0.3, 0.4) is 0 Å². The van der Waals surface area contributed by atoms with Gasteiger partial charge >= 0.3 is 0 Å². The number of hydrogen-bond acceptors (Lipinski definition) is 4. The van der Waals surface area contributed by atoms with Crippen molar-refractivity contribution in [2.24, 2.45) is 0 Å². The van der Waals surface area contributed by atoms with Gasteiger partial charge in [-0.25, -0.2) is 4.98 Å². The van der Waals surface area contributed by atoms with Gasteiger partial charge in [-0.3, -0.25) is 0 Å². The molecule has 0 saturated carbocycles. The molecular weight excluding hydrogens is 280 g/mol. The van der Waals surface area contributed by atoms with Crippen LogP contribution in [-0.2, 0) is 6.54 Å². The molecular formula is C16H16N4S. The molecule has 0 amide bonds. The summed E-state index contributed by atoms with van der Waals surface area (Å²) >= 11 is 1.55. The number of pyridine rings is 1. The van der Waals surface area contributed by atoms with Crippen molar-refractivity contribution in [2.75, 3.05) is 0 Å². The molecule has 0 aliphatic rings. The number of hydrogen-bond donors (Lipinski definition) is 0. The highest BCUT2D eigenvalue weighted by Crippen LogP contribution is 2.28. The van der Waals surface area contributed by atoms with Gasteiger partial charge in [-0.1, -0.05) is 43.3 Å². The van der Waals surface area contributed by atoms with Crippen LogP contribution in [0.5, 0.6) is 0 Å². The Hall–Kier alpha value is -2.14. The second-order valence-corrected chi connectivity index (χ2v) is 5.58. The highest BCUT2D eigenvalue weighted by molar-refractivity contribution is 7.99. The topological polar surface area (TPSA) is 43.6 Å². The third-order valence-corrected chi connectivity index (χ3v) is 3.96. The van der Waals surface area contributed by atoms with Gasteiger partial charge in [0.25, 0.3) is 0 Å². The first-order chi connectivity index (χ1) is 10.4. The van der Waals surface area contributed by atoms with Crippen LogP contribution in [0.4, 0.5) is 0 Å². The SMILES string of the molecule is CCCn1c(Sc2ccccn2)nnc1-c1ccccc1. The molecule has 0 bridgehead atoms. The summed E-state index contributed by atoms with van der Waals surface area (Å²) in [4.78, 5) is 4.34. The number of nitrogens with zero attached hydrogens (tertiary/aromatic N) is 4. The quantitative estimate of drug-likeness (QED) is 0.716. The predicted molar refractivity (Wildman–Crippen MR) is 84.1 cm³/mol. The third-order valence-electron chi connectivity index (χ3n) is 3.03. The molecule has 0 spiro atoms. The summed E-state index contributed by atoms with van der Waals surface area (Å²) < 4.78 is 2.16. The number of rotatable bonds is 5. The average molecular weight is 296 g/mol. The lowest BCUT2D eigenvalue weighted by Crippen LogP contribution is -2.01. The van der Waals surface area contributed by atoms with Gasteiger partial charge in [0.1, 0.15) is 5.03 Å². The predicted octanol–water partition coefficient (Wildman–Crippen LogP) is 3.90. The molecule has 5 heteroatoms. The van der Waals surface area contributed by atoms with E-state index in [1.807, 2.05) is 36.4 Å². The van der Waals surface area contributed by atoms with Gasteiger partial charge in [-0.2, -0.15) is 0 Å². The van der Waals surface area contributed by atoms with Crippen molar-refractivity contribution in [2.45, 2.75) is 30.1 Å². The van der Waals surface area contributed by atoms with E-state index in [1.54, 1.807) is 18.0 Å². The Morgan fingerprint density at radius 3 is 2.52 bits per heavy atom. The van der Waals surface area contributed by atoms with Gasteiger partial charge < -0.3 is 4.57 Å². The lowest BCUT2D eigenvalue weighted by atomic mass is 10.2. The van der Waals surface area contributed by atoms with Gasteiger partial charge in [0.15, 0.2) is 11.0 Å². The molecule has 2 heterocycles. The molecule has 0 aliphatic heterocycles. The molecule has 0 atom stereocenters. The van der Waals surface area contributed by atoms with Crippen molar-refractivity contribution in [1.29, 1.82) is 0 Å². The Kier molecular flexibility index (Phi) is 4.31. The highest BCUT2D eigenvalue weighted by Gasteiger charge is 2.14. The third kappa shape index (κ3) is 3.13. The summed E-state index contributed by atoms with van der Waals surface area (Å²) in [6.07, 6.45) is 2.83.